The second-order valence-corrected chi connectivity index (χ2v) is 10.4. The number of nitrogens with one attached hydrogen (secondary N) is 1. The quantitative estimate of drug-likeness (QED) is 0.341. The van der Waals surface area contributed by atoms with Crippen molar-refractivity contribution >= 4 is 11.8 Å². The maximum Gasteiger partial charge on any atom is 0.230 e. The van der Waals surface area contributed by atoms with E-state index in [1.54, 1.807) is 0 Å². The highest BCUT2D eigenvalue weighted by molar-refractivity contribution is 6.03. The van der Waals surface area contributed by atoms with Gasteiger partial charge in [-0.05, 0) is 58.0 Å². The van der Waals surface area contributed by atoms with Gasteiger partial charge < -0.3 is 4.90 Å². The van der Waals surface area contributed by atoms with Crippen LogP contribution >= 0.6 is 0 Å². The Hall–Kier alpha value is -0.900. The predicted octanol–water partition coefficient (Wildman–Crippen LogP) is 5.55. The highest BCUT2D eigenvalue weighted by Gasteiger charge is 2.43. The average molecular weight is 407 g/mol. The summed E-state index contributed by atoms with van der Waals surface area (Å²) < 4.78 is 0. The molecule has 0 aliphatic carbocycles. The molecule has 4 unspecified atom stereocenters. The maximum absolute atomic E-state index is 12.2. The molecular weight excluding hydrogens is 360 g/mol. The lowest BCUT2D eigenvalue weighted by atomic mass is 9.65. The van der Waals surface area contributed by atoms with Gasteiger partial charge in [0.1, 0.15) is 0 Å². The minimum absolute atomic E-state index is 0.0317. The van der Waals surface area contributed by atoms with Crippen LogP contribution in [0.25, 0.3) is 0 Å². The molecule has 0 spiro atoms. The largest absolute Gasteiger partial charge is 0.301 e. The minimum Gasteiger partial charge on any atom is -0.301 e. The topological polar surface area (TPSA) is 49.4 Å². The van der Waals surface area contributed by atoms with Gasteiger partial charge in [-0.2, -0.15) is 0 Å². The lowest BCUT2D eigenvalue weighted by Gasteiger charge is -2.51. The first-order chi connectivity index (χ1) is 13.8. The number of likely N-dealkylation sites (tertiary alicyclic amines) is 1. The Labute approximate surface area is 179 Å². The SMILES string of the molecule is CCCCCCCCCCC(CC1CC(=O)NC1=O)C1CCN(C)C(C)(C)C1C. The van der Waals surface area contributed by atoms with Crippen LogP contribution in [-0.2, 0) is 9.59 Å². The third kappa shape index (κ3) is 6.80. The van der Waals surface area contributed by atoms with E-state index in [0.29, 0.717) is 24.2 Å². The van der Waals surface area contributed by atoms with E-state index in [1.807, 2.05) is 0 Å². The molecule has 1 N–H and O–H groups in total. The summed E-state index contributed by atoms with van der Waals surface area (Å²) in [5.74, 6) is 1.59. The summed E-state index contributed by atoms with van der Waals surface area (Å²) in [6.07, 6.45) is 14.4. The van der Waals surface area contributed by atoms with Gasteiger partial charge in [0.05, 0.1) is 0 Å². The van der Waals surface area contributed by atoms with Crippen LogP contribution in [0.5, 0.6) is 0 Å². The number of unbranched alkanes of at least 4 members (excludes halogenated alkanes) is 7. The molecule has 0 aromatic carbocycles. The summed E-state index contributed by atoms with van der Waals surface area (Å²) in [6.45, 7) is 10.5. The number of carbonyl (C=O) groups excluding carboxylic acids is 2. The predicted molar refractivity (Wildman–Crippen MR) is 121 cm³/mol. The summed E-state index contributed by atoms with van der Waals surface area (Å²) in [7, 11) is 2.24. The molecule has 2 amide bonds. The molecule has 0 radical (unpaired) electrons. The Morgan fingerprint density at radius 1 is 1.07 bits per heavy atom. The van der Waals surface area contributed by atoms with Crippen molar-refractivity contribution in [2.24, 2.45) is 23.7 Å². The van der Waals surface area contributed by atoms with Crippen LogP contribution < -0.4 is 5.32 Å². The summed E-state index contributed by atoms with van der Waals surface area (Å²) in [5, 5.41) is 2.52. The zero-order chi connectivity index (χ0) is 21.4. The molecule has 0 aromatic rings. The first-order valence-electron chi connectivity index (χ1n) is 12.3. The van der Waals surface area contributed by atoms with E-state index in [2.05, 4.69) is 45.0 Å². The van der Waals surface area contributed by atoms with Gasteiger partial charge >= 0.3 is 0 Å². The van der Waals surface area contributed by atoms with Crippen molar-refractivity contribution in [2.45, 2.75) is 110 Å². The molecule has 2 heterocycles. The normalized spacial score (nSPS) is 28.5. The zero-order valence-electron chi connectivity index (χ0n) is 19.8. The van der Waals surface area contributed by atoms with Crippen molar-refractivity contribution in [2.75, 3.05) is 13.6 Å². The van der Waals surface area contributed by atoms with E-state index >= 15 is 0 Å². The molecule has 2 rings (SSSR count). The molecule has 2 saturated heterocycles. The number of carbonyl (C=O) groups is 2. The fourth-order valence-electron chi connectivity index (χ4n) is 5.61. The van der Waals surface area contributed by atoms with E-state index in [1.165, 1.54) is 64.2 Å². The number of hydrogen-bond donors (Lipinski definition) is 1. The van der Waals surface area contributed by atoms with Gasteiger partial charge in [0.2, 0.25) is 11.8 Å². The van der Waals surface area contributed by atoms with Crippen molar-refractivity contribution in [1.29, 1.82) is 0 Å². The lowest BCUT2D eigenvalue weighted by Crippen LogP contribution is -2.55. The molecule has 4 nitrogen and oxygen atoms in total. The Balaban J connectivity index is 1.91. The number of rotatable bonds is 12. The van der Waals surface area contributed by atoms with Crippen molar-refractivity contribution < 1.29 is 9.59 Å². The van der Waals surface area contributed by atoms with Crippen LogP contribution in [0.4, 0.5) is 0 Å². The van der Waals surface area contributed by atoms with Gasteiger partial charge in [-0.3, -0.25) is 14.9 Å². The van der Waals surface area contributed by atoms with E-state index in [0.717, 1.165) is 13.0 Å². The van der Waals surface area contributed by atoms with Crippen LogP contribution in [-0.4, -0.2) is 35.8 Å². The van der Waals surface area contributed by atoms with Gasteiger partial charge in [0.15, 0.2) is 0 Å². The fraction of sp³-hybridized carbons (Fsp3) is 0.920. The summed E-state index contributed by atoms with van der Waals surface area (Å²) in [5.41, 5.74) is 0.189. The van der Waals surface area contributed by atoms with Crippen LogP contribution in [0.3, 0.4) is 0 Å². The summed E-state index contributed by atoms with van der Waals surface area (Å²) in [6, 6.07) is 0. The monoisotopic (exact) mass is 406 g/mol. The molecule has 0 aromatic heterocycles. The molecule has 168 valence electrons. The van der Waals surface area contributed by atoms with Crippen molar-refractivity contribution in [3.05, 3.63) is 0 Å². The van der Waals surface area contributed by atoms with E-state index in [4.69, 9.17) is 0 Å². The number of amides is 2. The highest BCUT2D eigenvalue weighted by atomic mass is 16.2. The van der Waals surface area contributed by atoms with Crippen LogP contribution in [0.2, 0.25) is 0 Å². The smallest absolute Gasteiger partial charge is 0.230 e. The molecular formula is C25H46N2O2. The van der Waals surface area contributed by atoms with Crippen molar-refractivity contribution in [3.8, 4) is 0 Å². The van der Waals surface area contributed by atoms with Crippen LogP contribution in [0.1, 0.15) is 105 Å². The van der Waals surface area contributed by atoms with Crippen molar-refractivity contribution in [1.82, 2.24) is 10.2 Å². The number of imide groups is 1. The molecule has 29 heavy (non-hydrogen) atoms. The summed E-state index contributed by atoms with van der Waals surface area (Å²) >= 11 is 0. The molecule has 2 aliphatic heterocycles. The number of piperidine rings is 1. The lowest BCUT2D eigenvalue weighted by molar-refractivity contribution is -0.126. The van der Waals surface area contributed by atoms with Crippen LogP contribution in [0, 0.1) is 23.7 Å². The first-order valence-corrected chi connectivity index (χ1v) is 12.3. The van der Waals surface area contributed by atoms with Gasteiger partial charge in [-0.25, -0.2) is 0 Å². The van der Waals surface area contributed by atoms with Crippen LogP contribution in [0.15, 0.2) is 0 Å². The van der Waals surface area contributed by atoms with Crippen molar-refractivity contribution in [3.63, 3.8) is 0 Å². The molecule has 0 bridgehead atoms. The third-order valence-electron chi connectivity index (χ3n) is 8.22. The van der Waals surface area contributed by atoms with Gasteiger partial charge in [-0.15, -0.1) is 0 Å². The van der Waals surface area contributed by atoms with E-state index in [9.17, 15) is 9.59 Å². The summed E-state index contributed by atoms with van der Waals surface area (Å²) in [4.78, 5) is 26.4. The number of nitrogens with zero attached hydrogens (tertiary/aromatic N) is 1. The molecule has 4 atom stereocenters. The maximum atomic E-state index is 12.2. The standard InChI is InChI=1S/C25H46N2O2/c1-6-7-8-9-10-11-12-13-14-20(17-21-18-23(28)26-24(21)29)22-15-16-27(5)25(3,4)19(22)2/h19-22H,6-18H2,1-5H3,(H,26,28,29). The number of hydrogen-bond acceptors (Lipinski definition) is 3. The molecule has 2 fully saturated rings. The Bertz CT molecular complexity index is 531. The molecule has 0 saturated carbocycles. The molecule has 4 heteroatoms. The van der Waals surface area contributed by atoms with E-state index < -0.39 is 0 Å². The Morgan fingerprint density at radius 3 is 2.28 bits per heavy atom. The molecule has 2 aliphatic rings. The second kappa shape index (κ2) is 11.5. The first kappa shape index (κ1) is 24.4. The minimum atomic E-state index is -0.100. The Kier molecular flexibility index (Phi) is 9.65. The average Bonchev–Trinajstić information content (AvgIpc) is 2.98. The third-order valence-corrected chi connectivity index (χ3v) is 8.22. The zero-order valence-corrected chi connectivity index (χ0v) is 19.8. The fourth-order valence-corrected chi connectivity index (χ4v) is 5.61. The van der Waals surface area contributed by atoms with E-state index in [-0.39, 0.29) is 23.3 Å². The van der Waals surface area contributed by atoms with Gasteiger partial charge in [0.25, 0.3) is 0 Å². The second-order valence-electron chi connectivity index (χ2n) is 10.4. The Morgan fingerprint density at radius 2 is 1.69 bits per heavy atom. The van der Waals surface area contributed by atoms with Gasteiger partial charge in [0, 0.05) is 17.9 Å². The highest BCUT2D eigenvalue weighted by Crippen LogP contribution is 2.44. The van der Waals surface area contributed by atoms with Gasteiger partial charge in [-0.1, -0.05) is 71.6 Å².